The number of aromatic nitrogens is 4. The average Bonchev–Trinajstić information content (AvgIpc) is 3.91. The molecule has 1 atom stereocenters. The summed E-state index contributed by atoms with van der Waals surface area (Å²) in [5.41, 5.74) is 4.08. The zero-order valence-corrected chi connectivity index (χ0v) is 39.3. The Morgan fingerprint density at radius 1 is 0.971 bits per heavy atom. The molecule has 5 heterocycles. The number of nitrogens with zero attached hydrogens (tertiary/aromatic N) is 6. The Bertz CT molecular complexity index is 2840. The van der Waals surface area contributed by atoms with Crippen LogP contribution in [-0.2, 0) is 36.8 Å². The highest BCUT2D eigenvalue weighted by Gasteiger charge is 2.51. The first kappa shape index (κ1) is 48.5. The van der Waals surface area contributed by atoms with Crippen LogP contribution in [0.25, 0.3) is 33.7 Å². The number of pyridine rings is 1. The number of fused-ring (bicyclic) bond motifs is 2. The van der Waals surface area contributed by atoms with Crippen molar-refractivity contribution < 1.29 is 48.8 Å². The van der Waals surface area contributed by atoms with Crippen LogP contribution in [0.15, 0.2) is 71.8 Å². The van der Waals surface area contributed by atoms with Crippen molar-refractivity contribution in [1.29, 1.82) is 0 Å². The van der Waals surface area contributed by atoms with Gasteiger partial charge in [-0.05, 0) is 111 Å². The van der Waals surface area contributed by atoms with Crippen LogP contribution in [0, 0.1) is 5.92 Å². The third kappa shape index (κ3) is 9.05. The number of phenolic OH excluding ortho intramolecular Hbond substituents is 3. The minimum atomic E-state index is -1.92. The van der Waals surface area contributed by atoms with Gasteiger partial charge in [0.25, 0.3) is 5.91 Å². The zero-order valence-electron chi connectivity index (χ0n) is 39.3. The molecule has 1 fully saturated rings. The van der Waals surface area contributed by atoms with Crippen LogP contribution in [-0.4, -0.2) is 121 Å². The number of hydrogen-bond acceptors (Lipinski definition) is 15. The van der Waals surface area contributed by atoms with Gasteiger partial charge < -0.3 is 39.9 Å². The van der Waals surface area contributed by atoms with Crippen molar-refractivity contribution in [2.24, 2.45) is 5.92 Å². The molecule has 0 aliphatic carbocycles. The maximum atomic E-state index is 14.1. The number of benzene rings is 3. The van der Waals surface area contributed by atoms with Crippen molar-refractivity contribution in [1.82, 2.24) is 34.9 Å². The lowest BCUT2D eigenvalue weighted by Crippen LogP contribution is -2.51. The van der Waals surface area contributed by atoms with Gasteiger partial charge in [0.15, 0.2) is 12.1 Å². The second kappa shape index (κ2) is 20.2. The predicted octanol–water partition coefficient (Wildman–Crippen LogP) is 6.41. The maximum Gasteiger partial charge on any atom is 0.355 e. The molecular weight excluding hydrogens is 871 g/mol. The number of phenols is 3. The number of aromatic hydroxyl groups is 3. The van der Waals surface area contributed by atoms with E-state index in [2.05, 4.69) is 22.4 Å². The van der Waals surface area contributed by atoms with Gasteiger partial charge in [-0.2, -0.15) is 0 Å². The number of amides is 1. The highest BCUT2D eigenvalue weighted by Crippen LogP contribution is 2.43. The third-order valence-electron chi connectivity index (χ3n) is 12.9. The molecule has 1 amide bonds. The summed E-state index contributed by atoms with van der Waals surface area (Å²) in [4.78, 5) is 74.8. The van der Waals surface area contributed by atoms with E-state index >= 15 is 0 Å². The summed E-state index contributed by atoms with van der Waals surface area (Å²) in [7, 11) is 3.81. The molecule has 17 heteroatoms. The van der Waals surface area contributed by atoms with Crippen molar-refractivity contribution in [3.8, 4) is 34.3 Å². The van der Waals surface area contributed by atoms with E-state index in [1.165, 1.54) is 10.6 Å². The van der Waals surface area contributed by atoms with E-state index in [0.717, 1.165) is 23.1 Å². The molecule has 8 rings (SSSR count). The van der Waals surface area contributed by atoms with Crippen LogP contribution in [0.3, 0.4) is 0 Å². The van der Waals surface area contributed by atoms with E-state index in [9.17, 15) is 39.3 Å². The van der Waals surface area contributed by atoms with E-state index in [1.54, 1.807) is 66.4 Å². The van der Waals surface area contributed by atoms with E-state index in [4.69, 9.17) is 14.5 Å². The number of hydrogen-bond donors (Lipinski definition) is 4. The lowest BCUT2D eigenvalue weighted by Gasteiger charge is -2.38. The van der Waals surface area contributed by atoms with Gasteiger partial charge >= 0.3 is 11.9 Å². The van der Waals surface area contributed by atoms with E-state index in [1.807, 2.05) is 39.8 Å². The molecule has 0 bridgehead atoms. The Kier molecular flexibility index (Phi) is 14.4. The molecule has 3 aromatic carbocycles. The summed E-state index contributed by atoms with van der Waals surface area (Å²) < 4.78 is 13.1. The average molecular weight is 928 g/mol. The standard InChI is InChI=1S/C48H48N6O10.C3H9N/c1-6-32-34-18-31(57)12-13-38(34)49-43-36(32)22-52(5)39(43)20-37-29(23-55)25-63-47(62)48(37,7-2)64-46(61)28-14-16-53(17-15-28)45(60)27-8-10-30(11-9-27)54-42(24-56)50-51-44(54)35-19-33(26(3)4)40(58)21-41(35)59;1-3-4-2/h8-13,18-21,23-24,26,28,57-59H,6-7,14-17,22,25H2,1-5H3;4H,3H2,1-2H3/b39-20-;. The van der Waals surface area contributed by atoms with Gasteiger partial charge in [-0.1, -0.05) is 34.6 Å². The molecule has 3 aliphatic heterocycles. The normalized spacial score (nSPS) is 17.8. The Morgan fingerprint density at radius 3 is 2.29 bits per heavy atom. The van der Waals surface area contributed by atoms with Gasteiger partial charge in [0, 0.05) is 66.1 Å². The van der Waals surface area contributed by atoms with Crippen LogP contribution in [0.4, 0.5) is 0 Å². The minimum absolute atomic E-state index is 0.0113. The lowest BCUT2D eigenvalue weighted by molar-refractivity contribution is -0.183. The lowest BCUT2D eigenvalue weighted by atomic mass is 9.84. The van der Waals surface area contributed by atoms with Gasteiger partial charge in [0.2, 0.25) is 11.4 Å². The summed E-state index contributed by atoms with van der Waals surface area (Å²) in [6.07, 6.45) is 4.03. The topological polar surface area (TPSA) is 227 Å². The monoisotopic (exact) mass is 927 g/mol. The molecule has 0 saturated carbocycles. The van der Waals surface area contributed by atoms with Crippen molar-refractivity contribution >= 4 is 47.0 Å². The fraction of sp³-hybridized carbons (Fsp3) is 0.373. The van der Waals surface area contributed by atoms with Crippen LogP contribution < -0.4 is 5.32 Å². The molecule has 17 nitrogen and oxygen atoms in total. The molecule has 4 N–H and O–H groups in total. The summed E-state index contributed by atoms with van der Waals surface area (Å²) in [5, 5.41) is 43.3. The van der Waals surface area contributed by atoms with Crippen molar-refractivity contribution in [2.45, 2.75) is 78.4 Å². The van der Waals surface area contributed by atoms with E-state index < -0.39 is 23.5 Å². The summed E-state index contributed by atoms with van der Waals surface area (Å²) in [6, 6.07) is 14.3. The molecule has 0 spiro atoms. The van der Waals surface area contributed by atoms with E-state index in [-0.39, 0.29) is 96.4 Å². The Morgan fingerprint density at radius 2 is 1.68 bits per heavy atom. The van der Waals surface area contributed by atoms with Gasteiger partial charge in [0.05, 0.1) is 28.4 Å². The summed E-state index contributed by atoms with van der Waals surface area (Å²) in [6.45, 7) is 11.3. The largest absolute Gasteiger partial charge is 0.508 e. The Balaban J connectivity index is 0.00000165. The number of rotatable bonds is 12. The fourth-order valence-electron chi connectivity index (χ4n) is 9.02. The number of carbonyl (C=O) groups excluding carboxylic acids is 5. The van der Waals surface area contributed by atoms with E-state index in [0.29, 0.717) is 59.3 Å². The molecule has 1 saturated heterocycles. The molecular formula is C51H57N7O10. The first-order valence-electron chi connectivity index (χ1n) is 22.8. The number of esters is 2. The second-order valence-electron chi connectivity index (χ2n) is 17.3. The molecule has 1 unspecified atom stereocenters. The van der Waals surface area contributed by atoms with Crippen molar-refractivity contribution in [2.75, 3.05) is 40.3 Å². The maximum absolute atomic E-state index is 14.1. The molecule has 356 valence electrons. The highest BCUT2D eigenvalue weighted by atomic mass is 16.6. The Labute approximate surface area is 394 Å². The fourth-order valence-corrected chi connectivity index (χ4v) is 9.02. The number of nitrogens with one attached hydrogen (secondary N) is 1. The third-order valence-corrected chi connectivity index (χ3v) is 12.9. The number of aryl methyl sites for hydroxylation is 1. The van der Waals surface area contributed by atoms with Crippen LogP contribution in [0.1, 0.15) is 103 Å². The number of aldehydes is 2. The predicted molar refractivity (Wildman–Crippen MR) is 253 cm³/mol. The number of likely N-dealkylation sites (tertiary alicyclic amines) is 1. The van der Waals surface area contributed by atoms with Gasteiger partial charge in [-0.15, -0.1) is 10.2 Å². The first-order chi connectivity index (χ1) is 32.6. The van der Waals surface area contributed by atoms with Crippen LogP contribution >= 0.6 is 0 Å². The smallest absolute Gasteiger partial charge is 0.355 e. The SMILES string of the molecule is CCNC.CCc1c2c(nc3ccc(O)cc13)/C(=C/C1=C(C=O)COC(=O)C1(CC)OC(=O)C1CCN(C(=O)c3ccc(-n4c(C=O)nnc4-c4cc(C(C)C)c(O)cc4O)cc3)CC1)N(C)C2. The molecule has 0 radical (unpaired) electrons. The number of piperidine rings is 1. The molecule has 5 aromatic rings. The minimum Gasteiger partial charge on any atom is -0.508 e. The summed E-state index contributed by atoms with van der Waals surface area (Å²) in [5.74, 6) is -2.51. The summed E-state index contributed by atoms with van der Waals surface area (Å²) >= 11 is 0. The number of carbonyl (C=O) groups is 5. The zero-order chi connectivity index (χ0) is 49.0. The quantitative estimate of drug-likeness (QED) is 0.0784. The van der Waals surface area contributed by atoms with Gasteiger partial charge in [0.1, 0.15) is 30.1 Å². The second-order valence-corrected chi connectivity index (χ2v) is 17.3. The van der Waals surface area contributed by atoms with Gasteiger partial charge in [-0.25, -0.2) is 9.78 Å². The Hall–Kier alpha value is -7.40. The molecule has 3 aliphatic rings. The number of cyclic esters (lactones) is 1. The number of ether oxygens (including phenoxy) is 2. The highest BCUT2D eigenvalue weighted by molar-refractivity contribution is 5.97. The first-order valence-corrected chi connectivity index (χ1v) is 22.8. The molecule has 2 aromatic heterocycles. The van der Waals surface area contributed by atoms with Crippen molar-refractivity contribution in [3.63, 3.8) is 0 Å². The van der Waals surface area contributed by atoms with Crippen LogP contribution in [0.5, 0.6) is 17.2 Å². The van der Waals surface area contributed by atoms with Gasteiger partial charge in [-0.3, -0.25) is 23.7 Å². The van der Waals surface area contributed by atoms with Crippen LogP contribution in [0.2, 0.25) is 0 Å². The van der Waals surface area contributed by atoms with Crippen molar-refractivity contribution in [3.05, 3.63) is 106 Å². The molecule has 68 heavy (non-hydrogen) atoms.